The maximum atomic E-state index is 13.0. The number of carbonyl (C=O) groups is 4. The van der Waals surface area contributed by atoms with Gasteiger partial charge in [0.15, 0.2) is 11.6 Å². The van der Waals surface area contributed by atoms with Gasteiger partial charge >= 0.3 is 0 Å². The van der Waals surface area contributed by atoms with Crippen molar-refractivity contribution in [3.8, 4) is 5.75 Å². The van der Waals surface area contributed by atoms with Crippen LogP contribution < -0.4 is 0 Å². The molecule has 0 bridgehead atoms. The van der Waals surface area contributed by atoms with E-state index in [-0.39, 0.29) is 46.0 Å². The smallest absolute Gasteiger partial charge is 0.233 e. The zero-order valence-electron chi connectivity index (χ0n) is 16.1. The first kappa shape index (κ1) is 19.2. The number of fused-ring (bicyclic) bond motifs is 3. The van der Waals surface area contributed by atoms with E-state index in [9.17, 15) is 24.3 Å². The predicted molar refractivity (Wildman–Crippen MR) is 110 cm³/mol. The van der Waals surface area contributed by atoms with Gasteiger partial charge in [0.2, 0.25) is 11.8 Å². The second kappa shape index (κ2) is 6.60. The molecule has 1 aromatic carbocycles. The van der Waals surface area contributed by atoms with Crippen LogP contribution in [0.1, 0.15) is 24.3 Å². The molecule has 0 spiro atoms. The molecule has 1 aromatic rings. The summed E-state index contributed by atoms with van der Waals surface area (Å²) in [6, 6.07) is 6.56. The van der Waals surface area contributed by atoms with Gasteiger partial charge < -0.3 is 5.11 Å². The first-order valence-corrected chi connectivity index (χ1v) is 10.6. The minimum Gasteiger partial charge on any atom is -0.508 e. The molecule has 1 saturated heterocycles. The lowest BCUT2D eigenvalue weighted by Gasteiger charge is -2.42. The zero-order chi connectivity index (χ0) is 21.3. The third kappa shape index (κ3) is 2.54. The third-order valence-electron chi connectivity index (χ3n) is 6.78. The molecule has 1 heterocycles. The summed E-state index contributed by atoms with van der Waals surface area (Å²) >= 11 is 3.20. The summed E-state index contributed by atoms with van der Waals surface area (Å²) in [4.78, 5) is 52.6. The van der Waals surface area contributed by atoms with Gasteiger partial charge in [0.25, 0.3) is 0 Å². The van der Waals surface area contributed by atoms with Crippen LogP contribution in [-0.2, 0) is 19.2 Å². The van der Waals surface area contributed by atoms with Crippen LogP contribution in [0.5, 0.6) is 5.75 Å². The number of aromatic hydroxyl groups is 1. The number of phenols is 1. The van der Waals surface area contributed by atoms with Crippen molar-refractivity contribution in [3.63, 3.8) is 0 Å². The molecule has 152 valence electrons. The van der Waals surface area contributed by atoms with Crippen molar-refractivity contribution in [1.82, 2.24) is 4.90 Å². The number of likely N-dealkylation sites (tertiary alicyclic amines) is 1. The van der Waals surface area contributed by atoms with Gasteiger partial charge in [-0.15, -0.1) is 0 Å². The molecule has 1 fully saturated rings. The number of Topliss-reactive ketones (excluding diaryl/α,β-unsaturated/α-hetero) is 1. The number of carbonyl (C=O) groups excluding carboxylic acids is 4. The first-order valence-electron chi connectivity index (χ1n) is 9.79. The van der Waals surface area contributed by atoms with Crippen molar-refractivity contribution in [3.05, 3.63) is 63.2 Å². The van der Waals surface area contributed by atoms with Crippen LogP contribution in [-0.4, -0.2) is 40.4 Å². The Morgan fingerprint density at radius 3 is 2.43 bits per heavy atom. The second-order valence-electron chi connectivity index (χ2n) is 8.22. The maximum Gasteiger partial charge on any atom is 0.233 e. The Labute approximate surface area is 181 Å². The summed E-state index contributed by atoms with van der Waals surface area (Å²) < 4.78 is 0.210. The topological polar surface area (TPSA) is 91.8 Å². The van der Waals surface area contributed by atoms with Gasteiger partial charge in [-0.3, -0.25) is 24.1 Å². The van der Waals surface area contributed by atoms with Crippen LogP contribution in [0.3, 0.4) is 0 Å². The Morgan fingerprint density at radius 2 is 1.73 bits per heavy atom. The van der Waals surface area contributed by atoms with Gasteiger partial charge in [-0.25, -0.2) is 0 Å². The lowest BCUT2D eigenvalue weighted by Crippen LogP contribution is -2.39. The molecular weight excluding hydrogens is 450 g/mol. The van der Waals surface area contributed by atoms with Crippen molar-refractivity contribution in [2.24, 2.45) is 17.8 Å². The highest BCUT2D eigenvalue weighted by atomic mass is 79.9. The molecule has 5 rings (SSSR count). The number of nitrogens with zero attached hydrogens (tertiary/aromatic N) is 1. The van der Waals surface area contributed by atoms with E-state index in [1.165, 1.54) is 18.0 Å². The van der Waals surface area contributed by atoms with Crippen molar-refractivity contribution in [2.45, 2.75) is 18.8 Å². The number of benzene rings is 1. The molecule has 0 radical (unpaired) electrons. The predicted octanol–water partition coefficient (Wildman–Crippen LogP) is 2.78. The highest BCUT2D eigenvalue weighted by molar-refractivity contribution is 9.12. The standard InChI is InChI=1S/C23H18BrNO5/c1-25-22(29)13-7-6-12-14(19(13)23(25)30)8-15-20(17(27)9-16(24)21(15)28)18(12)10-2-4-11(26)5-3-10/h2-6,9,13-14,18-19,26H,7-8H2,1H3. The molecule has 6 nitrogen and oxygen atoms in total. The monoisotopic (exact) mass is 467 g/mol. The number of amides is 2. The molecule has 4 unspecified atom stereocenters. The lowest BCUT2D eigenvalue weighted by atomic mass is 9.59. The normalized spacial score (nSPS) is 30.7. The van der Waals surface area contributed by atoms with Crippen molar-refractivity contribution < 1.29 is 24.3 Å². The molecule has 7 heteroatoms. The number of imide groups is 1. The number of ketones is 2. The molecule has 4 atom stereocenters. The molecule has 2 amide bonds. The molecule has 30 heavy (non-hydrogen) atoms. The number of allylic oxidation sites excluding steroid dienone is 6. The van der Waals surface area contributed by atoms with E-state index in [0.717, 1.165) is 11.1 Å². The summed E-state index contributed by atoms with van der Waals surface area (Å²) in [7, 11) is 1.50. The summed E-state index contributed by atoms with van der Waals surface area (Å²) in [5.41, 5.74) is 2.52. The third-order valence-corrected chi connectivity index (χ3v) is 7.37. The second-order valence-corrected chi connectivity index (χ2v) is 9.07. The van der Waals surface area contributed by atoms with E-state index >= 15 is 0 Å². The van der Waals surface area contributed by atoms with Gasteiger partial charge in [-0.1, -0.05) is 23.8 Å². The van der Waals surface area contributed by atoms with E-state index in [1.807, 2.05) is 6.08 Å². The zero-order valence-corrected chi connectivity index (χ0v) is 17.7. The number of phenolic OH excluding ortho intramolecular Hbond substituents is 1. The SMILES string of the molecule is CN1C(=O)C2CC=C3C(c4ccc(O)cc4)C4=C(CC3C2C1=O)C(=O)C(Br)=CC4=O. The molecular formula is C23H18BrNO5. The lowest BCUT2D eigenvalue weighted by molar-refractivity contribution is -0.138. The Morgan fingerprint density at radius 1 is 1.03 bits per heavy atom. The summed E-state index contributed by atoms with van der Waals surface area (Å²) in [6.07, 6.45) is 3.98. The van der Waals surface area contributed by atoms with Crippen molar-refractivity contribution >= 4 is 39.3 Å². The molecule has 0 aromatic heterocycles. The molecule has 3 aliphatic carbocycles. The van der Waals surface area contributed by atoms with Crippen molar-refractivity contribution in [1.29, 1.82) is 0 Å². The number of hydrogen-bond acceptors (Lipinski definition) is 5. The highest BCUT2D eigenvalue weighted by Crippen LogP contribution is 2.55. The van der Waals surface area contributed by atoms with Crippen molar-refractivity contribution in [2.75, 3.05) is 7.05 Å². The fraction of sp³-hybridized carbons (Fsp3) is 0.304. The molecule has 0 saturated carbocycles. The fourth-order valence-electron chi connectivity index (χ4n) is 5.41. The van der Waals surface area contributed by atoms with E-state index in [4.69, 9.17) is 0 Å². The average molecular weight is 468 g/mol. The first-order chi connectivity index (χ1) is 14.3. The van der Waals surface area contributed by atoms with E-state index in [0.29, 0.717) is 17.6 Å². The quantitative estimate of drug-likeness (QED) is 0.389. The van der Waals surface area contributed by atoms with Crippen LogP contribution in [0.2, 0.25) is 0 Å². The summed E-state index contributed by atoms with van der Waals surface area (Å²) in [6.45, 7) is 0. The minimum atomic E-state index is -0.524. The van der Waals surface area contributed by atoms with Crippen LogP contribution in [0.25, 0.3) is 0 Å². The maximum absolute atomic E-state index is 13.0. The number of rotatable bonds is 1. The Kier molecular flexibility index (Phi) is 4.22. The molecule has 1 N–H and O–H groups in total. The summed E-state index contributed by atoms with van der Waals surface area (Å²) in [5.74, 6) is -2.55. The Bertz CT molecular complexity index is 1130. The largest absolute Gasteiger partial charge is 0.508 e. The molecule has 4 aliphatic rings. The van der Waals surface area contributed by atoms with Crippen LogP contribution in [0, 0.1) is 17.8 Å². The van der Waals surface area contributed by atoms with E-state index in [2.05, 4.69) is 15.9 Å². The van der Waals surface area contributed by atoms with E-state index in [1.54, 1.807) is 24.3 Å². The van der Waals surface area contributed by atoms with Gasteiger partial charge in [0, 0.05) is 30.2 Å². The minimum absolute atomic E-state index is 0.102. The fourth-order valence-corrected chi connectivity index (χ4v) is 5.86. The van der Waals surface area contributed by atoms with Crippen LogP contribution in [0.15, 0.2) is 57.6 Å². The van der Waals surface area contributed by atoms with E-state index < -0.39 is 17.8 Å². The van der Waals surface area contributed by atoms with Gasteiger partial charge in [-0.05, 0) is 52.4 Å². The van der Waals surface area contributed by atoms with Gasteiger partial charge in [-0.2, -0.15) is 0 Å². The van der Waals surface area contributed by atoms with Gasteiger partial charge in [0.1, 0.15) is 5.75 Å². The average Bonchev–Trinajstić information content (AvgIpc) is 2.95. The Balaban J connectivity index is 1.71. The summed E-state index contributed by atoms with van der Waals surface area (Å²) in [5, 5.41) is 9.71. The molecule has 1 aliphatic heterocycles. The Hall–Kier alpha value is -2.80. The van der Waals surface area contributed by atoms with Crippen LogP contribution in [0.4, 0.5) is 0 Å². The van der Waals surface area contributed by atoms with Gasteiger partial charge in [0.05, 0.1) is 16.3 Å². The number of hydrogen-bond donors (Lipinski definition) is 1. The highest BCUT2D eigenvalue weighted by Gasteiger charge is 2.55. The number of halogens is 1. The van der Waals surface area contributed by atoms with Crippen LogP contribution >= 0.6 is 15.9 Å².